The lowest BCUT2D eigenvalue weighted by Crippen LogP contribution is -2.26. The zero-order valence-electron chi connectivity index (χ0n) is 18.7. The maximum absolute atomic E-state index is 13.0. The van der Waals surface area contributed by atoms with E-state index in [1.807, 2.05) is 13.8 Å². The number of aryl methyl sites for hydroxylation is 1. The van der Waals surface area contributed by atoms with Crippen molar-refractivity contribution < 1.29 is 22.4 Å². The van der Waals surface area contributed by atoms with Gasteiger partial charge in [-0.05, 0) is 56.7 Å². The Bertz CT molecular complexity index is 1280. The summed E-state index contributed by atoms with van der Waals surface area (Å²) < 4.78 is 30.6. The van der Waals surface area contributed by atoms with E-state index in [4.69, 9.17) is 4.42 Å². The van der Waals surface area contributed by atoms with Gasteiger partial charge in [-0.15, -0.1) is 0 Å². The van der Waals surface area contributed by atoms with Crippen molar-refractivity contribution in [2.24, 2.45) is 0 Å². The Morgan fingerprint density at radius 2 is 1.94 bits per heavy atom. The Morgan fingerprint density at radius 3 is 2.55 bits per heavy atom. The van der Waals surface area contributed by atoms with Crippen LogP contribution in [0, 0.1) is 13.8 Å². The van der Waals surface area contributed by atoms with Gasteiger partial charge in [0.2, 0.25) is 0 Å². The molecule has 1 fully saturated rings. The second-order valence-corrected chi connectivity index (χ2v) is 10.5. The largest absolute Gasteiger partial charge is 0.459 e. The Kier molecular flexibility index (Phi) is 6.11. The normalized spacial score (nSPS) is 17.1. The number of aromatic nitrogens is 2. The fourth-order valence-electron chi connectivity index (χ4n) is 4.08. The molecule has 10 heteroatoms. The van der Waals surface area contributed by atoms with Gasteiger partial charge in [0.25, 0.3) is 11.8 Å². The standard InChI is InChI=1S/C23H26N4O5S/c1-15-20(16(2)27(25-15)19-10-12-33(30,31)14-19)13-26(3)23(29)17-6-8-18(9-7-17)24-22(28)21-5-4-11-32-21/h4-9,11,19H,10,12-14H2,1-3H3,(H,24,28)/t19-/m0/s1. The third-order valence-corrected chi connectivity index (χ3v) is 7.66. The molecule has 1 saturated heterocycles. The molecule has 2 amide bonds. The molecule has 0 saturated carbocycles. The molecule has 1 aliphatic heterocycles. The maximum Gasteiger partial charge on any atom is 0.291 e. The summed E-state index contributed by atoms with van der Waals surface area (Å²) in [6.45, 7) is 4.14. The van der Waals surface area contributed by atoms with E-state index in [-0.39, 0.29) is 35.1 Å². The van der Waals surface area contributed by atoms with Crippen LogP contribution >= 0.6 is 0 Å². The molecule has 1 N–H and O–H groups in total. The number of sulfone groups is 1. The first-order valence-corrected chi connectivity index (χ1v) is 12.4. The van der Waals surface area contributed by atoms with Crippen molar-refractivity contribution >= 4 is 27.3 Å². The van der Waals surface area contributed by atoms with Crippen LogP contribution in [0.25, 0.3) is 0 Å². The molecule has 3 heterocycles. The van der Waals surface area contributed by atoms with Gasteiger partial charge >= 0.3 is 0 Å². The quantitative estimate of drug-likeness (QED) is 0.592. The van der Waals surface area contributed by atoms with Crippen molar-refractivity contribution in [2.45, 2.75) is 32.9 Å². The van der Waals surface area contributed by atoms with Gasteiger partial charge in [0.1, 0.15) is 0 Å². The molecule has 0 unspecified atom stereocenters. The smallest absolute Gasteiger partial charge is 0.291 e. The Hall–Kier alpha value is -3.40. The molecule has 0 radical (unpaired) electrons. The van der Waals surface area contributed by atoms with Crippen LogP contribution in [-0.2, 0) is 16.4 Å². The monoisotopic (exact) mass is 470 g/mol. The summed E-state index contributed by atoms with van der Waals surface area (Å²) in [4.78, 5) is 26.6. The first-order chi connectivity index (χ1) is 15.6. The summed E-state index contributed by atoms with van der Waals surface area (Å²) in [5, 5.41) is 7.29. The van der Waals surface area contributed by atoms with E-state index in [0.717, 1.165) is 17.0 Å². The summed E-state index contributed by atoms with van der Waals surface area (Å²) in [5.74, 6) is -0.0484. The number of anilines is 1. The van der Waals surface area contributed by atoms with Gasteiger partial charge in [0, 0.05) is 36.1 Å². The van der Waals surface area contributed by atoms with E-state index in [1.54, 1.807) is 53.0 Å². The molecule has 4 rings (SSSR count). The molecule has 174 valence electrons. The predicted octanol–water partition coefficient (Wildman–Crippen LogP) is 2.98. The number of benzene rings is 1. The highest BCUT2D eigenvalue weighted by atomic mass is 32.2. The molecule has 1 aliphatic rings. The van der Waals surface area contributed by atoms with E-state index in [9.17, 15) is 18.0 Å². The summed E-state index contributed by atoms with van der Waals surface area (Å²) in [6, 6.07) is 9.68. The highest BCUT2D eigenvalue weighted by Crippen LogP contribution is 2.27. The molecule has 2 aromatic heterocycles. The third kappa shape index (κ3) is 4.85. The zero-order valence-corrected chi connectivity index (χ0v) is 19.6. The molecule has 9 nitrogen and oxygen atoms in total. The predicted molar refractivity (Wildman–Crippen MR) is 123 cm³/mol. The minimum Gasteiger partial charge on any atom is -0.459 e. The van der Waals surface area contributed by atoms with E-state index >= 15 is 0 Å². The lowest BCUT2D eigenvalue weighted by molar-refractivity contribution is 0.0784. The van der Waals surface area contributed by atoms with Crippen LogP contribution in [0.4, 0.5) is 5.69 Å². The highest BCUT2D eigenvalue weighted by molar-refractivity contribution is 7.91. The lowest BCUT2D eigenvalue weighted by Gasteiger charge is -2.18. The fraction of sp³-hybridized carbons (Fsp3) is 0.348. The number of nitrogens with zero attached hydrogens (tertiary/aromatic N) is 3. The van der Waals surface area contributed by atoms with Gasteiger partial charge in [-0.1, -0.05) is 0 Å². The minimum absolute atomic E-state index is 0.103. The molecule has 33 heavy (non-hydrogen) atoms. The molecular formula is C23H26N4O5S. The number of furan rings is 1. The Balaban J connectivity index is 1.43. The van der Waals surface area contributed by atoms with Gasteiger partial charge < -0.3 is 14.6 Å². The minimum atomic E-state index is -3.02. The van der Waals surface area contributed by atoms with E-state index in [0.29, 0.717) is 24.2 Å². The number of nitrogens with one attached hydrogen (secondary N) is 1. The Labute approximate surface area is 192 Å². The highest BCUT2D eigenvalue weighted by Gasteiger charge is 2.31. The number of hydrogen-bond donors (Lipinski definition) is 1. The van der Waals surface area contributed by atoms with Crippen molar-refractivity contribution in [1.82, 2.24) is 14.7 Å². The van der Waals surface area contributed by atoms with Crippen molar-refractivity contribution in [3.05, 3.63) is 70.9 Å². The van der Waals surface area contributed by atoms with Crippen LogP contribution in [-0.4, -0.2) is 53.5 Å². The first kappa shape index (κ1) is 22.8. The Morgan fingerprint density at radius 1 is 1.21 bits per heavy atom. The van der Waals surface area contributed by atoms with Crippen molar-refractivity contribution in [2.75, 3.05) is 23.9 Å². The van der Waals surface area contributed by atoms with Crippen LogP contribution in [0.5, 0.6) is 0 Å². The summed E-state index contributed by atoms with van der Waals surface area (Å²) in [7, 11) is -1.30. The van der Waals surface area contributed by atoms with Crippen LogP contribution in [0.3, 0.4) is 0 Å². The second kappa shape index (κ2) is 8.86. The van der Waals surface area contributed by atoms with Crippen LogP contribution in [0.1, 0.15) is 50.3 Å². The number of carbonyl (C=O) groups is 2. The van der Waals surface area contributed by atoms with E-state index in [1.165, 1.54) is 6.26 Å². The first-order valence-electron chi connectivity index (χ1n) is 10.6. The lowest BCUT2D eigenvalue weighted by atomic mass is 10.1. The number of carbonyl (C=O) groups excluding carboxylic acids is 2. The third-order valence-electron chi connectivity index (χ3n) is 5.91. The van der Waals surface area contributed by atoms with Crippen molar-refractivity contribution in [3.8, 4) is 0 Å². The topological polar surface area (TPSA) is 115 Å². The average molecular weight is 471 g/mol. The zero-order chi connectivity index (χ0) is 23.8. The fourth-order valence-corrected chi connectivity index (χ4v) is 5.77. The SMILES string of the molecule is Cc1nn([C@H]2CCS(=O)(=O)C2)c(C)c1CN(C)C(=O)c1ccc(NC(=O)c2ccco2)cc1. The van der Waals surface area contributed by atoms with E-state index < -0.39 is 9.84 Å². The van der Waals surface area contributed by atoms with Gasteiger partial charge in [0.05, 0.1) is 29.5 Å². The molecule has 0 spiro atoms. The molecule has 3 aromatic rings. The van der Waals surface area contributed by atoms with Gasteiger partial charge in [0.15, 0.2) is 15.6 Å². The molecule has 0 aliphatic carbocycles. The molecule has 0 bridgehead atoms. The summed E-state index contributed by atoms with van der Waals surface area (Å²) in [5.41, 5.74) is 3.61. The molecular weight excluding hydrogens is 444 g/mol. The molecule has 1 atom stereocenters. The van der Waals surface area contributed by atoms with Crippen LogP contribution in [0.15, 0.2) is 47.1 Å². The number of rotatable bonds is 6. The van der Waals surface area contributed by atoms with Gasteiger partial charge in [-0.3, -0.25) is 14.3 Å². The van der Waals surface area contributed by atoms with Gasteiger partial charge in [-0.2, -0.15) is 5.10 Å². The van der Waals surface area contributed by atoms with Crippen LogP contribution in [0.2, 0.25) is 0 Å². The maximum atomic E-state index is 13.0. The second-order valence-electron chi connectivity index (χ2n) is 8.32. The average Bonchev–Trinajstić information content (AvgIpc) is 3.50. The number of hydrogen-bond acceptors (Lipinski definition) is 6. The van der Waals surface area contributed by atoms with Gasteiger partial charge in [-0.25, -0.2) is 8.42 Å². The van der Waals surface area contributed by atoms with Crippen molar-refractivity contribution in [1.29, 1.82) is 0 Å². The molecule has 1 aromatic carbocycles. The summed E-state index contributed by atoms with van der Waals surface area (Å²) >= 11 is 0. The van der Waals surface area contributed by atoms with E-state index in [2.05, 4.69) is 10.4 Å². The van der Waals surface area contributed by atoms with Crippen LogP contribution < -0.4 is 5.32 Å². The number of amides is 2. The van der Waals surface area contributed by atoms with Crippen molar-refractivity contribution in [3.63, 3.8) is 0 Å². The summed E-state index contributed by atoms with van der Waals surface area (Å²) in [6.07, 6.45) is 1.98.